The number of nitrogens with two attached hydrogens (primary N) is 1. The molecule has 2 atom stereocenters. The molecule has 5 nitrogen and oxygen atoms in total. The van der Waals surface area contributed by atoms with E-state index in [2.05, 4.69) is 10.6 Å². The van der Waals surface area contributed by atoms with Crippen LogP contribution in [0.5, 0.6) is 0 Å². The van der Waals surface area contributed by atoms with Crippen molar-refractivity contribution in [3.05, 3.63) is 0 Å². The highest BCUT2D eigenvalue weighted by Gasteiger charge is 2.37. The fourth-order valence-corrected chi connectivity index (χ4v) is 2.54. The number of carbonyl (C=O) groups excluding carboxylic acids is 2. The fourth-order valence-electron chi connectivity index (χ4n) is 2.54. The molecule has 0 radical (unpaired) electrons. The predicted molar refractivity (Wildman–Crippen MR) is 75.5 cm³/mol. The number of rotatable bonds is 3. The van der Waals surface area contributed by atoms with Crippen LogP contribution in [-0.2, 0) is 9.59 Å². The normalized spacial score (nSPS) is 27.7. The highest BCUT2D eigenvalue weighted by Crippen LogP contribution is 2.31. The molecule has 1 aliphatic carbocycles. The topological polar surface area (TPSA) is 84.2 Å². The van der Waals surface area contributed by atoms with Crippen LogP contribution in [0.15, 0.2) is 0 Å². The summed E-state index contributed by atoms with van der Waals surface area (Å²) in [6, 6.07) is 0. The third kappa shape index (κ3) is 5.19. The lowest BCUT2D eigenvalue weighted by Gasteiger charge is -2.37. The first-order chi connectivity index (χ1) is 8.62. The van der Waals surface area contributed by atoms with Crippen LogP contribution in [0.1, 0.15) is 53.4 Å². The molecule has 0 aliphatic heterocycles. The van der Waals surface area contributed by atoms with Crippen LogP contribution in [0.2, 0.25) is 0 Å². The van der Waals surface area contributed by atoms with E-state index in [0.717, 1.165) is 25.7 Å². The predicted octanol–water partition coefficient (Wildman–Crippen LogP) is 0.925. The Bertz CT molecular complexity index is 345. The molecule has 0 heterocycles. The third-order valence-corrected chi connectivity index (χ3v) is 3.51. The van der Waals surface area contributed by atoms with E-state index in [1.165, 1.54) is 0 Å². The van der Waals surface area contributed by atoms with Crippen LogP contribution in [0.4, 0.5) is 0 Å². The van der Waals surface area contributed by atoms with Crippen molar-refractivity contribution in [3.63, 3.8) is 0 Å². The van der Waals surface area contributed by atoms with E-state index in [4.69, 9.17) is 5.73 Å². The number of amides is 2. The van der Waals surface area contributed by atoms with Gasteiger partial charge in [-0.1, -0.05) is 12.8 Å². The van der Waals surface area contributed by atoms with Crippen molar-refractivity contribution in [2.24, 2.45) is 11.7 Å². The Morgan fingerprint density at radius 1 is 1.32 bits per heavy atom. The van der Waals surface area contributed by atoms with Crippen LogP contribution in [0.3, 0.4) is 0 Å². The van der Waals surface area contributed by atoms with Crippen molar-refractivity contribution >= 4 is 11.8 Å². The molecule has 0 aromatic rings. The molecule has 19 heavy (non-hydrogen) atoms. The molecule has 1 rings (SSSR count). The minimum Gasteiger partial charge on any atom is -0.350 e. The lowest BCUT2D eigenvalue weighted by Crippen LogP contribution is -2.54. The van der Waals surface area contributed by atoms with Crippen LogP contribution in [-0.4, -0.2) is 29.4 Å². The van der Waals surface area contributed by atoms with Crippen LogP contribution in [0, 0.1) is 5.92 Å². The first-order valence-electron chi connectivity index (χ1n) is 6.99. The maximum atomic E-state index is 12.1. The summed E-state index contributed by atoms with van der Waals surface area (Å²) < 4.78 is 0. The van der Waals surface area contributed by atoms with Gasteiger partial charge < -0.3 is 16.4 Å². The Hall–Kier alpha value is -1.10. The molecule has 1 fully saturated rings. The standard InChI is InChI=1S/C14H27N3O2/c1-13(2,3)17-11(18)9-16-12(19)10-7-5-6-8-14(10,4)15/h10H,5-9,15H2,1-4H3,(H,16,19)(H,17,18). The van der Waals surface area contributed by atoms with Gasteiger partial charge in [0.15, 0.2) is 0 Å². The minimum absolute atomic E-state index is 0.0166. The lowest BCUT2D eigenvalue weighted by molar-refractivity contribution is -0.131. The van der Waals surface area contributed by atoms with Crippen molar-refractivity contribution in [3.8, 4) is 0 Å². The zero-order chi connectivity index (χ0) is 14.7. The van der Waals surface area contributed by atoms with Gasteiger partial charge in [0, 0.05) is 11.1 Å². The molecule has 4 N–H and O–H groups in total. The van der Waals surface area contributed by atoms with Gasteiger partial charge in [-0.05, 0) is 40.5 Å². The van der Waals surface area contributed by atoms with Gasteiger partial charge in [0.05, 0.1) is 12.5 Å². The van der Waals surface area contributed by atoms with Crippen molar-refractivity contribution in [1.82, 2.24) is 10.6 Å². The second-order valence-corrected chi connectivity index (χ2v) is 6.82. The first-order valence-corrected chi connectivity index (χ1v) is 6.99. The van der Waals surface area contributed by atoms with Crippen LogP contribution >= 0.6 is 0 Å². The average Bonchev–Trinajstić information content (AvgIpc) is 2.23. The second-order valence-electron chi connectivity index (χ2n) is 6.82. The average molecular weight is 269 g/mol. The number of hydrogen-bond acceptors (Lipinski definition) is 3. The Balaban J connectivity index is 2.45. The summed E-state index contributed by atoms with van der Waals surface area (Å²) in [6.07, 6.45) is 3.76. The van der Waals surface area contributed by atoms with E-state index in [0.29, 0.717) is 0 Å². The SMILES string of the molecule is CC(C)(C)NC(=O)CNC(=O)C1CCCCC1(C)N. The number of nitrogens with one attached hydrogen (secondary N) is 2. The Morgan fingerprint density at radius 2 is 1.95 bits per heavy atom. The maximum Gasteiger partial charge on any atom is 0.239 e. The zero-order valence-electron chi connectivity index (χ0n) is 12.5. The minimum atomic E-state index is -0.456. The van der Waals surface area contributed by atoms with Gasteiger partial charge in [-0.3, -0.25) is 9.59 Å². The molecule has 2 amide bonds. The Kier molecular flexibility index (Phi) is 4.96. The molecule has 110 valence electrons. The van der Waals surface area contributed by atoms with Crippen molar-refractivity contribution < 1.29 is 9.59 Å². The highest BCUT2D eigenvalue weighted by atomic mass is 16.2. The molecule has 1 saturated carbocycles. The van der Waals surface area contributed by atoms with E-state index in [1.807, 2.05) is 27.7 Å². The summed E-state index contributed by atoms with van der Waals surface area (Å²) in [5.74, 6) is -0.465. The molecule has 0 aromatic carbocycles. The lowest BCUT2D eigenvalue weighted by atomic mass is 9.74. The molecular formula is C14H27N3O2. The summed E-state index contributed by atoms with van der Waals surface area (Å²) in [7, 11) is 0. The number of hydrogen-bond donors (Lipinski definition) is 3. The van der Waals surface area contributed by atoms with Gasteiger partial charge >= 0.3 is 0 Å². The molecule has 5 heteroatoms. The summed E-state index contributed by atoms with van der Waals surface area (Å²) in [5.41, 5.74) is 5.43. The van der Waals surface area contributed by atoms with Crippen molar-refractivity contribution in [2.45, 2.75) is 64.5 Å². The third-order valence-electron chi connectivity index (χ3n) is 3.51. The van der Waals surface area contributed by atoms with Crippen molar-refractivity contribution in [1.29, 1.82) is 0 Å². The van der Waals surface area contributed by atoms with Crippen molar-refractivity contribution in [2.75, 3.05) is 6.54 Å². The van der Waals surface area contributed by atoms with E-state index in [1.54, 1.807) is 0 Å². The van der Waals surface area contributed by atoms with Gasteiger partial charge in [0.25, 0.3) is 0 Å². The molecule has 1 aliphatic rings. The van der Waals surface area contributed by atoms with Gasteiger partial charge in [-0.2, -0.15) is 0 Å². The van der Waals surface area contributed by atoms with Gasteiger partial charge in [0.2, 0.25) is 11.8 Å². The second kappa shape index (κ2) is 5.90. The van der Waals surface area contributed by atoms with Gasteiger partial charge in [0.1, 0.15) is 0 Å². The summed E-state index contributed by atoms with van der Waals surface area (Å²) >= 11 is 0. The molecular weight excluding hydrogens is 242 g/mol. The zero-order valence-corrected chi connectivity index (χ0v) is 12.5. The molecule has 0 aromatic heterocycles. The maximum absolute atomic E-state index is 12.1. The molecule has 0 bridgehead atoms. The fraction of sp³-hybridized carbons (Fsp3) is 0.857. The Morgan fingerprint density at radius 3 is 2.47 bits per heavy atom. The van der Waals surface area contributed by atoms with E-state index < -0.39 is 5.54 Å². The highest BCUT2D eigenvalue weighted by molar-refractivity contribution is 5.86. The molecule has 0 saturated heterocycles. The van der Waals surface area contributed by atoms with Crippen LogP contribution in [0.25, 0.3) is 0 Å². The quantitative estimate of drug-likeness (QED) is 0.712. The molecule has 2 unspecified atom stereocenters. The van der Waals surface area contributed by atoms with Gasteiger partial charge in [-0.15, -0.1) is 0 Å². The summed E-state index contributed by atoms with van der Waals surface area (Å²) in [6.45, 7) is 7.66. The largest absolute Gasteiger partial charge is 0.350 e. The summed E-state index contributed by atoms with van der Waals surface area (Å²) in [5, 5.41) is 5.51. The van der Waals surface area contributed by atoms with E-state index in [-0.39, 0.29) is 29.8 Å². The van der Waals surface area contributed by atoms with Crippen LogP contribution < -0.4 is 16.4 Å². The number of carbonyl (C=O) groups is 2. The first kappa shape index (κ1) is 16.0. The van der Waals surface area contributed by atoms with Gasteiger partial charge in [-0.25, -0.2) is 0 Å². The Labute approximate surface area is 115 Å². The monoisotopic (exact) mass is 269 g/mol. The van der Waals surface area contributed by atoms with E-state index >= 15 is 0 Å². The summed E-state index contributed by atoms with van der Waals surface area (Å²) in [4.78, 5) is 23.8. The van der Waals surface area contributed by atoms with E-state index in [9.17, 15) is 9.59 Å². The molecule has 0 spiro atoms. The smallest absolute Gasteiger partial charge is 0.239 e.